The summed E-state index contributed by atoms with van der Waals surface area (Å²) >= 11 is 0. The van der Waals surface area contributed by atoms with Crippen LogP contribution in [0.3, 0.4) is 0 Å². The van der Waals surface area contributed by atoms with E-state index < -0.39 is 0 Å². The van der Waals surface area contributed by atoms with Crippen LogP contribution < -0.4 is 10.9 Å². The zero-order chi connectivity index (χ0) is 9.99. The van der Waals surface area contributed by atoms with Crippen LogP contribution in [0.25, 0.3) is 0 Å². The maximum absolute atomic E-state index is 11.7. The second kappa shape index (κ2) is 2.70. The van der Waals surface area contributed by atoms with Crippen LogP contribution in [0.15, 0.2) is 0 Å². The van der Waals surface area contributed by atoms with E-state index in [2.05, 4.69) is 10.9 Å². The highest BCUT2D eigenvalue weighted by Gasteiger charge is 2.60. The van der Waals surface area contributed by atoms with Crippen molar-refractivity contribution in [2.45, 2.75) is 37.2 Å². The molecule has 2 N–H and O–H groups in total. The van der Waals surface area contributed by atoms with Crippen molar-refractivity contribution in [3.63, 3.8) is 0 Å². The molecule has 6 unspecified atom stereocenters. The van der Waals surface area contributed by atoms with Crippen molar-refractivity contribution in [2.75, 3.05) is 13.1 Å². The molecule has 0 bridgehead atoms. The van der Waals surface area contributed by atoms with Gasteiger partial charge in [0.15, 0.2) is 6.23 Å². The second-order valence-electron chi connectivity index (χ2n) is 4.62. The quantitative estimate of drug-likeness (QED) is 0.423. The van der Waals surface area contributed by atoms with Crippen LogP contribution in [0.5, 0.6) is 0 Å². The van der Waals surface area contributed by atoms with Crippen LogP contribution in [0.2, 0.25) is 0 Å². The van der Waals surface area contributed by atoms with Gasteiger partial charge >= 0.3 is 5.97 Å². The molecule has 6 heteroatoms. The smallest absolute Gasteiger partial charge is 0.328 e. The van der Waals surface area contributed by atoms with Crippen molar-refractivity contribution in [2.24, 2.45) is 0 Å². The second-order valence-corrected chi connectivity index (χ2v) is 4.62. The Bertz CT molecular complexity index is 303. The molecule has 4 fully saturated rings. The van der Waals surface area contributed by atoms with E-state index in [1.807, 2.05) is 10.0 Å². The molecule has 4 aliphatic heterocycles. The first-order valence-electron chi connectivity index (χ1n) is 5.60. The number of carbonyl (C=O) groups excluding carboxylic acids is 1. The summed E-state index contributed by atoms with van der Waals surface area (Å²) in [5.41, 5.74) is 6.36. The van der Waals surface area contributed by atoms with Crippen LogP contribution in [0.4, 0.5) is 0 Å². The van der Waals surface area contributed by atoms with Crippen LogP contribution in [0, 0.1) is 0 Å². The van der Waals surface area contributed by atoms with Gasteiger partial charge in [-0.25, -0.2) is 5.01 Å². The zero-order valence-electron chi connectivity index (χ0n) is 8.35. The Morgan fingerprint density at radius 2 is 1.87 bits per heavy atom. The lowest BCUT2D eigenvalue weighted by molar-refractivity contribution is -0.148. The van der Waals surface area contributed by atoms with Crippen LogP contribution in [-0.2, 0) is 9.53 Å². The molecule has 0 aromatic rings. The monoisotopic (exact) mass is 210 g/mol. The molecule has 82 valence electrons. The molecular weight excluding hydrogens is 196 g/mol. The SMILES string of the molecule is O=C(OC1C2CCNN21)C1C2CCNN21. The molecule has 0 radical (unpaired) electrons. The molecule has 0 aromatic heterocycles. The highest BCUT2D eigenvalue weighted by Crippen LogP contribution is 2.38. The summed E-state index contributed by atoms with van der Waals surface area (Å²) in [7, 11) is 0. The first kappa shape index (κ1) is 8.46. The van der Waals surface area contributed by atoms with Crippen molar-refractivity contribution in [1.29, 1.82) is 0 Å². The maximum Gasteiger partial charge on any atom is 0.328 e. The lowest BCUT2D eigenvalue weighted by Gasteiger charge is -2.07. The molecule has 4 rings (SSSR count). The zero-order valence-corrected chi connectivity index (χ0v) is 8.35. The van der Waals surface area contributed by atoms with Crippen LogP contribution in [-0.4, -0.2) is 53.4 Å². The van der Waals surface area contributed by atoms with Crippen molar-refractivity contribution < 1.29 is 9.53 Å². The number of nitrogens with one attached hydrogen (secondary N) is 2. The minimum absolute atomic E-state index is 0.00813. The number of hydrogen-bond acceptors (Lipinski definition) is 6. The van der Waals surface area contributed by atoms with Crippen LogP contribution in [0.1, 0.15) is 12.8 Å². The minimum atomic E-state index is -0.0617. The topological polar surface area (TPSA) is 56.4 Å². The number of ether oxygens (including phenoxy) is 1. The normalized spacial score (nSPS) is 54.7. The summed E-state index contributed by atoms with van der Waals surface area (Å²) in [6.07, 6.45) is 2.16. The Morgan fingerprint density at radius 1 is 1.13 bits per heavy atom. The van der Waals surface area contributed by atoms with E-state index in [1.54, 1.807) is 0 Å². The summed E-state index contributed by atoms with van der Waals surface area (Å²) in [6, 6.07) is 0.829. The van der Waals surface area contributed by atoms with Gasteiger partial charge in [0.1, 0.15) is 6.04 Å². The van der Waals surface area contributed by atoms with E-state index in [0.717, 1.165) is 25.9 Å². The van der Waals surface area contributed by atoms with Gasteiger partial charge in [0.25, 0.3) is 0 Å². The predicted molar refractivity (Wildman–Crippen MR) is 50.2 cm³/mol. The molecule has 0 spiro atoms. The third-order valence-corrected chi connectivity index (χ3v) is 3.75. The van der Waals surface area contributed by atoms with Crippen molar-refractivity contribution >= 4 is 5.97 Å². The van der Waals surface area contributed by atoms with Gasteiger partial charge < -0.3 is 4.74 Å². The highest BCUT2D eigenvalue weighted by molar-refractivity contribution is 5.80. The van der Waals surface area contributed by atoms with E-state index >= 15 is 0 Å². The maximum atomic E-state index is 11.7. The van der Waals surface area contributed by atoms with Crippen LogP contribution >= 0.6 is 0 Å². The van der Waals surface area contributed by atoms with Gasteiger partial charge in [0, 0.05) is 13.1 Å². The van der Waals surface area contributed by atoms with Crippen molar-refractivity contribution in [3.05, 3.63) is 0 Å². The molecule has 0 aliphatic carbocycles. The van der Waals surface area contributed by atoms with Crippen molar-refractivity contribution in [3.8, 4) is 0 Å². The molecule has 4 heterocycles. The first-order chi connectivity index (χ1) is 7.36. The van der Waals surface area contributed by atoms with Gasteiger partial charge in [-0.2, -0.15) is 5.01 Å². The van der Waals surface area contributed by atoms with Gasteiger partial charge in [-0.1, -0.05) is 0 Å². The Morgan fingerprint density at radius 3 is 2.47 bits per heavy atom. The van der Waals surface area contributed by atoms with Gasteiger partial charge in [-0.15, -0.1) is 0 Å². The molecule has 0 amide bonds. The number of hydrogen-bond donors (Lipinski definition) is 2. The summed E-state index contributed by atoms with van der Waals surface area (Å²) in [4.78, 5) is 11.7. The molecule has 15 heavy (non-hydrogen) atoms. The van der Waals surface area contributed by atoms with E-state index in [4.69, 9.17) is 4.74 Å². The van der Waals surface area contributed by atoms with Gasteiger partial charge in [0.2, 0.25) is 0 Å². The predicted octanol–water partition coefficient (Wildman–Crippen LogP) is -1.59. The molecule has 0 saturated carbocycles. The Kier molecular flexibility index (Phi) is 1.53. The lowest BCUT2D eigenvalue weighted by Crippen LogP contribution is -2.30. The van der Waals surface area contributed by atoms with E-state index in [9.17, 15) is 4.79 Å². The van der Waals surface area contributed by atoms with Crippen molar-refractivity contribution in [1.82, 2.24) is 20.9 Å². The van der Waals surface area contributed by atoms with E-state index in [0.29, 0.717) is 12.1 Å². The number of fused-ring (bicyclic) bond motifs is 2. The third-order valence-electron chi connectivity index (χ3n) is 3.75. The molecule has 6 atom stereocenters. The summed E-state index contributed by atoms with van der Waals surface area (Å²) < 4.78 is 5.43. The average molecular weight is 210 g/mol. The van der Waals surface area contributed by atoms with Gasteiger partial charge in [-0.05, 0) is 12.8 Å². The fraction of sp³-hybridized carbons (Fsp3) is 0.889. The average Bonchev–Trinajstić information content (AvgIpc) is 2.92. The Balaban J connectivity index is 1.34. The number of hydrazine groups is 2. The largest absolute Gasteiger partial charge is 0.442 e. The number of carbonyl (C=O) groups is 1. The molecule has 6 nitrogen and oxygen atoms in total. The first-order valence-corrected chi connectivity index (χ1v) is 5.60. The van der Waals surface area contributed by atoms with Gasteiger partial charge in [0.05, 0.1) is 12.1 Å². The fourth-order valence-electron chi connectivity index (χ4n) is 2.81. The Labute approximate surface area is 87.5 Å². The number of rotatable bonds is 2. The molecule has 4 saturated heterocycles. The summed E-state index contributed by atoms with van der Waals surface area (Å²) in [6.45, 7) is 2.01. The fourth-order valence-corrected chi connectivity index (χ4v) is 2.81. The van der Waals surface area contributed by atoms with Gasteiger partial charge in [-0.3, -0.25) is 15.6 Å². The molecule has 0 aromatic carbocycles. The third kappa shape index (κ3) is 1.10. The standard InChI is InChI=1S/C9H14N4O2/c14-9(7-5-1-3-10-12(5)7)15-8-6-2-4-11-13(6)8/h5-8,10-11H,1-4H2. The molecule has 4 aliphatic rings. The molecular formula is C9H14N4O2. The summed E-state index contributed by atoms with van der Waals surface area (Å²) in [5, 5.41) is 4.03. The highest BCUT2D eigenvalue weighted by atomic mass is 16.6. The number of esters is 1. The minimum Gasteiger partial charge on any atom is -0.442 e. The summed E-state index contributed by atoms with van der Waals surface area (Å²) in [5.74, 6) is -0.0617. The lowest BCUT2D eigenvalue weighted by atomic mass is 10.2. The number of nitrogens with zero attached hydrogens (tertiary/aromatic N) is 2. The Hall–Kier alpha value is -0.690. The van der Waals surface area contributed by atoms with E-state index in [-0.39, 0.29) is 18.2 Å². The van der Waals surface area contributed by atoms with E-state index in [1.165, 1.54) is 0 Å².